The lowest BCUT2D eigenvalue weighted by molar-refractivity contribution is 0.590. The SMILES string of the molecule is CN[C@@H]1CCc2c(-c3ccc(-c4ccc(F)c(C#N)c4)s3)cccc21. The number of fused-ring (bicyclic) bond motifs is 1. The van der Waals surface area contributed by atoms with Gasteiger partial charge in [-0.2, -0.15) is 5.26 Å². The van der Waals surface area contributed by atoms with Crippen LogP contribution in [0, 0.1) is 17.1 Å². The molecule has 1 aromatic heterocycles. The highest BCUT2D eigenvalue weighted by molar-refractivity contribution is 7.18. The van der Waals surface area contributed by atoms with Gasteiger partial charge in [0.15, 0.2) is 0 Å². The Morgan fingerprint density at radius 2 is 2.00 bits per heavy atom. The van der Waals surface area contributed by atoms with Crippen LogP contribution in [0.3, 0.4) is 0 Å². The summed E-state index contributed by atoms with van der Waals surface area (Å²) in [5.41, 5.74) is 5.07. The second-order valence-corrected chi connectivity index (χ2v) is 7.31. The van der Waals surface area contributed by atoms with Crippen LogP contribution in [-0.2, 0) is 6.42 Å². The molecule has 4 rings (SSSR count). The second kappa shape index (κ2) is 6.44. The predicted molar refractivity (Wildman–Crippen MR) is 100.0 cm³/mol. The van der Waals surface area contributed by atoms with E-state index in [1.807, 2.05) is 13.1 Å². The lowest BCUT2D eigenvalue weighted by Crippen LogP contribution is -2.12. The van der Waals surface area contributed by atoms with Crippen LogP contribution in [-0.4, -0.2) is 7.05 Å². The molecular weight excluding hydrogens is 331 g/mol. The normalized spacial score (nSPS) is 15.8. The highest BCUT2D eigenvalue weighted by Gasteiger charge is 2.24. The molecule has 0 amide bonds. The van der Waals surface area contributed by atoms with Crippen LogP contribution in [0.25, 0.3) is 20.9 Å². The zero-order chi connectivity index (χ0) is 17.4. The van der Waals surface area contributed by atoms with E-state index < -0.39 is 5.82 Å². The van der Waals surface area contributed by atoms with Gasteiger partial charge in [-0.1, -0.05) is 24.3 Å². The van der Waals surface area contributed by atoms with Crippen LogP contribution < -0.4 is 5.32 Å². The molecule has 0 unspecified atom stereocenters. The molecule has 0 bridgehead atoms. The Kier molecular flexibility index (Phi) is 4.12. The molecule has 0 spiro atoms. The molecule has 1 aliphatic rings. The first-order valence-electron chi connectivity index (χ1n) is 8.30. The molecule has 2 aromatic carbocycles. The van der Waals surface area contributed by atoms with Crippen LogP contribution >= 0.6 is 11.3 Å². The number of benzene rings is 2. The summed E-state index contributed by atoms with van der Waals surface area (Å²) in [6.07, 6.45) is 2.21. The zero-order valence-electron chi connectivity index (χ0n) is 13.8. The van der Waals surface area contributed by atoms with E-state index in [0.717, 1.165) is 23.3 Å². The fraction of sp³-hybridized carbons (Fsp3) is 0.190. The van der Waals surface area contributed by atoms with E-state index in [9.17, 15) is 4.39 Å². The largest absolute Gasteiger partial charge is 0.313 e. The van der Waals surface area contributed by atoms with Crippen molar-refractivity contribution in [3.05, 3.63) is 71.0 Å². The molecule has 25 heavy (non-hydrogen) atoms. The summed E-state index contributed by atoms with van der Waals surface area (Å²) in [6.45, 7) is 0. The number of hydrogen-bond donors (Lipinski definition) is 1. The predicted octanol–water partition coefficient (Wildman–Crippen LogP) is 5.30. The average molecular weight is 348 g/mol. The van der Waals surface area contributed by atoms with E-state index in [2.05, 4.69) is 35.6 Å². The number of nitrogens with zero attached hydrogens (tertiary/aromatic N) is 1. The Bertz CT molecular complexity index is 984. The Hall–Kier alpha value is -2.48. The molecule has 2 nitrogen and oxygen atoms in total. The molecule has 3 aromatic rings. The van der Waals surface area contributed by atoms with E-state index in [0.29, 0.717) is 6.04 Å². The van der Waals surface area contributed by atoms with E-state index in [1.165, 1.54) is 27.6 Å². The number of thiophene rings is 1. The maximum atomic E-state index is 13.6. The summed E-state index contributed by atoms with van der Waals surface area (Å²) in [7, 11) is 2.01. The number of halogens is 1. The first kappa shape index (κ1) is 16.0. The van der Waals surface area contributed by atoms with Crippen LogP contribution in [0.5, 0.6) is 0 Å². The molecule has 0 radical (unpaired) electrons. The maximum Gasteiger partial charge on any atom is 0.140 e. The topological polar surface area (TPSA) is 35.8 Å². The van der Waals surface area contributed by atoms with Gasteiger partial charge in [-0.15, -0.1) is 11.3 Å². The van der Waals surface area contributed by atoms with Gasteiger partial charge in [0.05, 0.1) is 5.56 Å². The number of nitriles is 1. The molecule has 0 aliphatic heterocycles. The smallest absolute Gasteiger partial charge is 0.140 e. The molecular formula is C21H17FN2S. The van der Waals surface area contributed by atoms with Crippen molar-refractivity contribution in [2.75, 3.05) is 7.05 Å². The Morgan fingerprint density at radius 1 is 1.16 bits per heavy atom. The van der Waals surface area contributed by atoms with Gasteiger partial charge >= 0.3 is 0 Å². The summed E-state index contributed by atoms with van der Waals surface area (Å²) >= 11 is 1.69. The number of rotatable bonds is 3. The van der Waals surface area contributed by atoms with E-state index in [4.69, 9.17) is 5.26 Å². The molecule has 1 atom stereocenters. The van der Waals surface area contributed by atoms with Crippen molar-refractivity contribution in [3.8, 4) is 27.0 Å². The Morgan fingerprint density at radius 3 is 2.80 bits per heavy atom. The minimum atomic E-state index is -0.470. The van der Waals surface area contributed by atoms with Gasteiger partial charge in [-0.3, -0.25) is 0 Å². The van der Waals surface area contributed by atoms with Gasteiger partial charge < -0.3 is 5.32 Å². The maximum absolute atomic E-state index is 13.6. The van der Waals surface area contributed by atoms with Crippen molar-refractivity contribution in [1.29, 1.82) is 5.26 Å². The Balaban J connectivity index is 1.74. The van der Waals surface area contributed by atoms with Gasteiger partial charge in [0, 0.05) is 15.8 Å². The van der Waals surface area contributed by atoms with Crippen LogP contribution in [0.1, 0.15) is 29.2 Å². The molecule has 1 N–H and O–H groups in total. The minimum Gasteiger partial charge on any atom is -0.313 e. The molecule has 0 fully saturated rings. The second-order valence-electron chi connectivity index (χ2n) is 6.22. The minimum absolute atomic E-state index is 0.0879. The van der Waals surface area contributed by atoms with Crippen LogP contribution in [0.4, 0.5) is 4.39 Å². The fourth-order valence-electron chi connectivity index (χ4n) is 3.59. The first-order chi connectivity index (χ1) is 12.2. The monoisotopic (exact) mass is 348 g/mol. The molecule has 0 saturated heterocycles. The summed E-state index contributed by atoms with van der Waals surface area (Å²) in [6, 6.07) is 17.8. The quantitative estimate of drug-likeness (QED) is 0.697. The fourth-order valence-corrected chi connectivity index (χ4v) is 4.64. The van der Waals surface area contributed by atoms with Crippen molar-refractivity contribution in [2.45, 2.75) is 18.9 Å². The van der Waals surface area contributed by atoms with E-state index in [1.54, 1.807) is 23.5 Å². The van der Waals surface area contributed by atoms with Crippen LogP contribution in [0.2, 0.25) is 0 Å². The summed E-state index contributed by atoms with van der Waals surface area (Å²) in [5, 5.41) is 12.4. The third-order valence-corrected chi connectivity index (χ3v) is 6.03. The third kappa shape index (κ3) is 2.76. The van der Waals surface area contributed by atoms with Crippen molar-refractivity contribution >= 4 is 11.3 Å². The number of hydrogen-bond acceptors (Lipinski definition) is 3. The van der Waals surface area contributed by atoms with Crippen molar-refractivity contribution < 1.29 is 4.39 Å². The van der Waals surface area contributed by atoms with Crippen molar-refractivity contribution in [2.24, 2.45) is 0 Å². The molecule has 1 aliphatic carbocycles. The highest BCUT2D eigenvalue weighted by Crippen LogP contribution is 2.41. The van der Waals surface area contributed by atoms with Gasteiger partial charge in [0.25, 0.3) is 0 Å². The van der Waals surface area contributed by atoms with Gasteiger partial charge in [0.2, 0.25) is 0 Å². The van der Waals surface area contributed by atoms with Crippen molar-refractivity contribution in [3.63, 3.8) is 0 Å². The Labute approximate surface area is 150 Å². The molecule has 1 heterocycles. The lowest BCUT2D eigenvalue weighted by Gasteiger charge is -2.11. The first-order valence-corrected chi connectivity index (χ1v) is 9.12. The highest BCUT2D eigenvalue weighted by atomic mass is 32.1. The van der Waals surface area contributed by atoms with E-state index in [-0.39, 0.29) is 5.56 Å². The van der Waals surface area contributed by atoms with Gasteiger partial charge in [0.1, 0.15) is 11.9 Å². The molecule has 0 saturated carbocycles. The third-order valence-electron chi connectivity index (χ3n) is 4.86. The zero-order valence-corrected chi connectivity index (χ0v) is 14.7. The van der Waals surface area contributed by atoms with Gasteiger partial charge in [-0.25, -0.2) is 4.39 Å². The average Bonchev–Trinajstić information content (AvgIpc) is 3.29. The van der Waals surface area contributed by atoms with Crippen LogP contribution in [0.15, 0.2) is 48.5 Å². The summed E-state index contributed by atoms with van der Waals surface area (Å²) < 4.78 is 13.6. The van der Waals surface area contributed by atoms with Crippen molar-refractivity contribution in [1.82, 2.24) is 5.32 Å². The summed E-state index contributed by atoms with van der Waals surface area (Å²) in [5.74, 6) is -0.470. The molecule has 4 heteroatoms. The van der Waals surface area contributed by atoms with Gasteiger partial charge in [-0.05, 0) is 66.4 Å². The number of nitrogens with one attached hydrogen (secondary N) is 1. The molecule has 124 valence electrons. The van der Waals surface area contributed by atoms with E-state index >= 15 is 0 Å². The lowest BCUT2D eigenvalue weighted by atomic mass is 10.0. The summed E-state index contributed by atoms with van der Waals surface area (Å²) in [4.78, 5) is 2.26. The standard InChI is InChI=1S/C21H17FN2S/c1-24-19-8-6-15-16(19)3-2-4-17(15)21-10-9-20(25-21)13-5-7-18(22)14(11-13)12-23/h2-5,7,9-11,19,24H,6,8H2,1H3/t19-/m1/s1.